The van der Waals surface area contributed by atoms with Gasteiger partial charge in [0, 0.05) is 19.0 Å². The Hall–Kier alpha value is -0.570. The quantitative estimate of drug-likeness (QED) is 0.191. The van der Waals surface area contributed by atoms with Gasteiger partial charge in [-0.2, -0.15) is 0 Å². The van der Waals surface area contributed by atoms with E-state index < -0.39 is 0 Å². The van der Waals surface area contributed by atoms with Crippen LogP contribution in [0.25, 0.3) is 0 Å². The van der Waals surface area contributed by atoms with E-state index in [1.54, 1.807) is 0 Å². The number of nitrogens with one attached hydrogen (secondary N) is 2. The van der Waals surface area contributed by atoms with Crippen LogP contribution in [0, 0.1) is 0 Å². The van der Waals surface area contributed by atoms with Crippen molar-refractivity contribution >= 4 is 5.91 Å². The van der Waals surface area contributed by atoms with Crippen molar-refractivity contribution in [2.24, 2.45) is 0 Å². The molecule has 0 heterocycles. The van der Waals surface area contributed by atoms with Gasteiger partial charge in [-0.25, -0.2) is 0 Å². The third-order valence-corrected chi connectivity index (χ3v) is 5.66. The van der Waals surface area contributed by atoms with Crippen molar-refractivity contribution < 1.29 is 4.79 Å². The number of unbranched alkanes of at least 4 members (excludes halogenated alkanes) is 11. The summed E-state index contributed by atoms with van der Waals surface area (Å²) in [5, 5.41) is 6.83. The lowest BCUT2D eigenvalue weighted by atomic mass is 10.0. The van der Waals surface area contributed by atoms with Gasteiger partial charge in [0.1, 0.15) is 0 Å². The van der Waals surface area contributed by atoms with Gasteiger partial charge >= 0.3 is 0 Å². The molecule has 3 nitrogen and oxygen atoms in total. The molecule has 3 heteroatoms. The van der Waals surface area contributed by atoms with Crippen molar-refractivity contribution in [2.75, 3.05) is 13.1 Å². The van der Waals surface area contributed by atoms with Gasteiger partial charge in [0.15, 0.2) is 0 Å². The zero-order valence-corrected chi connectivity index (χ0v) is 19.6. The molecule has 0 aromatic carbocycles. The van der Waals surface area contributed by atoms with Crippen molar-refractivity contribution in [2.45, 2.75) is 142 Å². The lowest BCUT2D eigenvalue weighted by molar-refractivity contribution is -0.121. The van der Waals surface area contributed by atoms with Gasteiger partial charge in [-0.1, -0.05) is 97.8 Å². The summed E-state index contributed by atoms with van der Waals surface area (Å²) in [7, 11) is 0. The van der Waals surface area contributed by atoms with Crippen LogP contribution in [0.3, 0.4) is 0 Å². The van der Waals surface area contributed by atoms with Crippen LogP contribution in [-0.2, 0) is 4.79 Å². The fourth-order valence-corrected chi connectivity index (χ4v) is 3.79. The van der Waals surface area contributed by atoms with Crippen LogP contribution in [0.5, 0.6) is 0 Å². The summed E-state index contributed by atoms with van der Waals surface area (Å²) in [5.41, 5.74) is 0. The highest BCUT2D eigenvalue weighted by Crippen LogP contribution is 2.10. The standard InChI is InChI=1S/C25H52N2O/c1-4-7-16-21-25(28)27-23-18-15-13-11-9-10-12-14-17-22-26-24(19-6-3)20-8-5-2/h24,26H,4-23H2,1-3H3,(H,27,28). The van der Waals surface area contributed by atoms with Crippen LogP contribution in [0.4, 0.5) is 0 Å². The maximum Gasteiger partial charge on any atom is 0.219 e. The highest BCUT2D eigenvalue weighted by atomic mass is 16.1. The number of hydrogen-bond donors (Lipinski definition) is 2. The first-order chi connectivity index (χ1) is 13.7. The summed E-state index contributed by atoms with van der Waals surface area (Å²) in [6, 6.07) is 0.756. The van der Waals surface area contributed by atoms with E-state index in [9.17, 15) is 4.79 Å². The minimum absolute atomic E-state index is 0.245. The monoisotopic (exact) mass is 396 g/mol. The highest BCUT2D eigenvalue weighted by molar-refractivity contribution is 5.75. The SMILES string of the molecule is CCCCCC(=O)NCCCCCCCCCCCNC(CCC)CCCC. The average molecular weight is 397 g/mol. The molecule has 0 fully saturated rings. The summed E-state index contributed by atoms with van der Waals surface area (Å²) in [6.07, 6.45) is 22.7. The van der Waals surface area contributed by atoms with Crippen molar-refractivity contribution in [3.05, 3.63) is 0 Å². The van der Waals surface area contributed by atoms with E-state index in [1.807, 2.05) is 0 Å². The van der Waals surface area contributed by atoms with Gasteiger partial charge in [0.05, 0.1) is 0 Å². The van der Waals surface area contributed by atoms with Gasteiger partial charge in [-0.3, -0.25) is 4.79 Å². The third kappa shape index (κ3) is 20.2. The van der Waals surface area contributed by atoms with E-state index in [4.69, 9.17) is 0 Å². The molecule has 0 spiro atoms. The van der Waals surface area contributed by atoms with Gasteiger partial charge < -0.3 is 10.6 Å². The second-order valence-corrected chi connectivity index (χ2v) is 8.57. The van der Waals surface area contributed by atoms with E-state index in [0.717, 1.165) is 25.4 Å². The number of rotatable bonds is 22. The molecule has 0 aliphatic rings. The van der Waals surface area contributed by atoms with Crippen LogP contribution in [0.15, 0.2) is 0 Å². The molecular weight excluding hydrogens is 344 g/mol. The molecule has 168 valence electrons. The first-order valence-corrected chi connectivity index (χ1v) is 12.7. The largest absolute Gasteiger partial charge is 0.356 e. The Kier molecular flexibility index (Phi) is 22.3. The minimum atomic E-state index is 0.245. The predicted molar refractivity (Wildman–Crippen MR) is 125 cm³/mol. The zero-order chi connectivity index (χ0) is 20.7. The van der Waals surface area contributed by atoms with Gasteiger partial charge in [-0.15, -0.1) is 0 Å². The average Bonchev–Trinajstić information content (AvgIpc) is 2.69. The number of hydrogen-bond acceptors (Lipinski definition) is 2. The molecule has 0 aliphatic carbocycles. The van der Waals surface area contributed by atoms with Crippen molar-refractivity contribution in [1.82, 2.24) is 10.6 Å². The van der Waals surface area contributed by atoms with E-state index >= 15 is 0 Å². The molecule has 0 saturated heterocycles. The summed E-state index contributed by atoms with van der Waals surface area (Å²) < 4.78 is 0. The van der Waals surface area contributed by atoms with Crippen LogP contribution < -0.4 is 10.6 Å². The number of amides is 1. The van der Waals surface area contributed by atoms with Crippen LogP contribution in [0.1, 0.15) is 136 Å². The summed E-state index contributed by atoms with van der Waals surface area (Å²) in [5.74, 6) is 0.245. The summed E-state index contributed by atoms with van der Waals surface area (Å²) in [6.45, 7) is 8.84. The molecule has 28 heavy (non-hydrogen) atoms. The lowest BCUT2D eigenvalue weighted by Gasteiger charge is -2.17. The van der Waals surface area contributed by atoms with Crippen molar-refractivity contribution in [3.8, 4) is 0 Å². The first-order valence-electron chi connectivity index (χ1n) is 12.7. The fraction of sp³-hybridized carbons (Fsp3) is 0.960. The van der Waals surface area contributed by atoms with E-state index in [-0.39, 0.29) is 5.91 Å². The van der Waals surface area contributed by atoms with Crippen LogP contribution in [0.2, 0.25) is 0 Å². The molecule has 0 bridgehead atoms. The highest BCUT2D eigenvalue weighted by Gasteiger charge is 2.05. The first kappa shape index (κ1) is 27.4. The molecule has 1 amide bonds. The Morgan fingerprint density at radius 2 is 1.18 bits per heavy atom. The molecule has 0 saturated carbocycles. The fourth-order valence-electron chi connectivity index (χ4n) is 3.79. The van der Waals surface area contributed by atoms with Gasteiger partial charge in [0.2, 0.25) is 5.91 Å². The molecule has 1 atom stereocenters. The Morgan fingerprint density at radius 1 is 0.607 bits per heavy atom. The van der Waals surface area contributed by atoms with E-state index in [0.29, 0.717) is 6.42 Å². The molecule has 0 rings (SSSR count). The lowest BCUT2D eigenvalue weighted by Crippen LogP contribution is -2.29. The van der Waals surface area contributed by atoms with Gasteiger partial charge in [-0.05, 0) is 38.6 Å². The second-order valence-electron chi connectivity index (χ2n) is 8.57. The van der Waals surface area contributed by atoms with Crippen molar-refractivity contribution in [3.63, 3.8) is 0 Å². The minimum Gasteiger partial charge on any atom is -0.356 e. The Bertz CT molecular complexity index is 320. The Morgan fingerprint density at radius 3 is 1.75 bits per heavy atom. The Labute approximate surface area is 177 Å². The van der Waals surface area contributed by atoms with Crippen molar-refractivity contribution in [1.29, 1.82) is 0 Å². The maximum absolute atomic E-state index is 11.6. The van der Waals surface area contributed by atoms with E-state index in [2.05, 4.69) is 31.4 Å². The molecule has 0 aromatic heterocycles. The van der Waals surface area contributed by atoms with Crippen LogP contribution >= 0.6 is 0 Å². The van der Waals surface area contributed by atoms with Crippen LogP contribution in [-0.4, -0.2) is 25.0 Å². The number of carbonyl (C=O) groups is 1. The molecule has 0 radical (unpaired) electrons. The second kappa shape index (κ2) is 22.7. The van der Waals surface area contributed by atoms with E-state index in [1.165, 1.54) is 103 Å². The van der Waals surface area contributed by atoms with Gasteiger partial charge in [0.25, 0.3) is 0 Å². The molecule has 1 unspecified atom stereocenters. The normalized spacial score (nSPS) is 12.2. The smallest absolute Gasteiger partial charge is 0.219 e. The number of carbonyl (C=O) groups excluding carboxylic acids is 1. The molecule has 2 N–H and O–H groups in total. The summed E-state index contributed by atoms with van der Waals surface area (Å²) in [4.78, 5) is 11.6. The molecule has 0 aliphatic heterocycles. The summed E-state index contributed by atoms with van der Waals surface area (Å²) >= 11 is 0. The topological polar surface area (TPSA) is 41.1 Å². The predicted octanol–water partition coefficient (Wildman–Crippen LogP) is 7.14. The third-order valence-electron chi connectivity index (χ3n) is 5.66. The zero-order valence-electron chi connectivity index (χ0n) is 19.6. The Balaban J connectivity index is 3.27. The molecular formula is C25H52N2O. The maximum atomic E-state index is 11.6. The molecule has 0 aromatic rings.